The van der Waals surface area contributed by atoms with Gasteiger partial charge >= 0.3 is 0 Å². The van der Waals surface area contributed by atoms with Crippen molar-refractivity contribution in [3.8, 4) is 0 Å². The number of aromatic nitrogens is 1. The minimum absolute atomic E-state index is 0.0252. The van der Waals surface area contributed by atoms with Crippen LogP contribution >= 0.6 is 0 Å². The Labute approximate surface area is 124 Å². The summed E-state index contributed by atoms with van der Waals surface area (Å²) in [6.45, 7) is 4.25. The van der Waals surface area contributed by atoms with Crippen LogP contribution in [0, 0.1) is 6.92 Å². The number of rotatable bonds is 6. The molecule has 0 fully saturated rings. The van der Waals surface area contributed by atoms with E-state index in [1.165, 1.54) is 0 Å². The summed E-state index contributed by atoms with van der Waals surface area (Å²) in [5.74, 6) is 0.708. The number of hydrogen-bond acceptors (Lipinski definition) is 4. The highest BCUT2D eigenvalue weighted by atomic mass is 16.5. The smallest absolute Gasteiger partial charge is 0.287 e. The molecule has 2 heterocycles. The van der Waals surface area contributed by atoms with Crippen molar-refractivity contribution in [2.45, 2.75) is 32.9 Å². The molecule has 5 heteroatoms. The van der Waals surface area contributed by atoms with Gasteiger partial charge in [-0.2, -0.15) is 0 Å². The third-order valence-electron chi connectivity index (χ3n) is 3.01. The molecule has 5 nitrogen and oxygen atoms in total. The van der Waals surface area contributed by atoms with Crippen molar-refractivity contribution in [2.75, 3.05) is 7.11 Å². The van der Waals surface area contributed by atoms with E-state index in [9.17, 15) is 4.79 Å². The molecule has 0 aliphatic carbocycles. The first kappa shape index (κ1) is 15.3. The topological polar surface area (TPSA) is 64.4 Å². The highest BCUT2D eigenvalue weighted by molar-refractivity contribution is 5.91. The Kier molecular flexibility index (Phi) is 5.11. The van der Waals surface area contributed by atoms with Gasteiger partial charge in [0.25, 0.3) is 5.91 Å². The Bertz CT molecular complexity index is 607. The summed E-state index contributed by atoms with van der Waals surface area (Å²) in [7, 11) is 1.58. The second-order valence-electron chi connectivity index (χ2n) is 5.05. The largest absolute Gasteiger partial charge is 0.453 e. The average molecular weight is 288 g/mol. The lowest BCUT2D eigenvalue weighted by atomic mass is 10.1. The molecular formula is C16H20N2O3. The first-order chi connectivity index (χ1) is 10.1. The molecule has 0 aliphatic heterocycles. The van der Waals surface area contributed by atoms with E-state index in [4.69, 9.17) is 9.15 Å². The van der Waals surface area contributed by atoms with Crippen LogP contribution in [-0.4, -0.2) is 24.0 Å². The summed E-state index contributed by atoms with van der Waals surface area (Å²) >= 11 is 0. The van der Waals surface area contributed by atoms with Crippen molar-refractivity contribution in [1.29, 1.82) is 0 Å². The van der Waals surface area contributed by atoms with Crippen LogP contribution in [0.2, 0.25) is 0 Å². The number of aryl methyl sites for hydroxylation is 1. The number of nitrogens with one attached hydrogen (secondary N) is 1. The van der Waals surface area contributed by atoms with Crippen LogP contribution in [0.3, 0.4) is 0 Å². The van der Waals surface area contributed by atoms with Gasteiger partial charge < -0.3 is 14.5 Å². The summed E-state index contributed by atoms with van der Waals surface area (Å²) < 4.78 is 10.4. The van der Waals surface area contributed by atoms with E-state index in [2.05, 4.69) is 10.3 Å². The van der Waals surface area contributed by atoms with Crippen molar-refractivity contribution in [3.05, 3.63) is 53.2 Å². The quantitative estimate of drug-likeness (QED) is 0.887. The number of amides is 1. The zero-order chi connectivity index (χ0) is 15.2. The summed E-state index contributed by atoms with van der Waals surface area (Å²) in [6.07, 6.45) is 0.680. The first-order valence-corrected chi connectivity index (χ1v) is 6.89. The van der Waals surface area contributed by atoms with E-state index in [1.807, 2.05) is 32.0 Å². The van der Waals surface area contributed by atoms with Crippen LogP contribution in [-0.2, 0) is 17.8 Å². The molecule has 0 aliphatic rings. The Morgan fingerprint density at radius 3 is 2.90 bits per heavy atom. The molecular weight excluding hydrogens is 268 g/mol. The van der Waals surface area contributed by atoms with Crippen molar-refractivity contribution in [3.63, 3.8) is 0 Å². The molecule has 1 atom stereocenters. The third-order valence-corrected chi connectivity index (χ3v) is 3.01. The standard InChI is InChI=1S/C16H20N2O3/c1-11-5-4-6-13(17-11)9-12(2)18-16(19)15-8-7-14(21-15)10-20-3/h4-8,12H,9-10H2,1-3H3,(H,18,19)/t12-/m0/s1. The Hall–Kier alpha value is -2.14. The van der Waals surface area contributed by atoms with Crippen LogP contribution in [0.15, 0.2) is 34.7 Å². The predicted molar refractivity (Wildman–Crippen MR) is 79.0 cm³/mol. The number of carbonyl (C=O) groups is 1. The number of furan rings is 1. The number of pyridine rings is 1. The van der Waals surface area contributed by atoms with E-state index in [1.54, 1.807) is 19.2 Å². The molecule has 0 bridgehead atoms. The average Bonchev–Trinajstić information content (AvgIpc) is 2.87. The van der Waals surface area contributed by atoms with Crippen LogP contribution in [0.4, 0.5) is 0 Å². The molecule has 2 aromatic rings. The number of carbonyl (C=O) groups excluding carboxylic acids is 1. The maximum absolute atomic E-state index is 12.1. The number of hydrogen-bond donors (Lipinski definition) is 1. The highest BCUT2D eigenvalue weighted by Crippen LogP contribution is 2.09. The summed E-state index contributed by atoms with van der Waals surface area (Å²) in [5.41, 5.74) is 1.93. The number of ether oxygens (including phenoxy) is 1. The zero-order valence-corrected chi connectivity index (χ0v) is 12.6. The van der Waals surface area contributed by atoms with Gasteiger partial charge in [-0.1, -0.05) is 6.07 Å². The van der Waals surface area contributed by atoms with Crippen LogP contribution in [0.1, 0.15) is 34.6 Å². The minimum atomic E-state index is -0.225. The van der Waals surface area contributed by atoms with Gasteiger partial charge in [0.05, 0.1) is 0 Å². The van der Waals surface area contributed by atoms with Gasteiger partial charge in [-0.25, -0.2) is 0 Å². The van der Waals surface area contributed by atoms with Gasteiger partial charge in [0, 0.05) is 31.0 Å². The molecule has 0 aromatic carbocycles. The normalized spacial score (nSPS) is 12.1. The molecule has 0 saturated carbocycles. The lowest BCUT2D eigenvalue weighted by Crippen LogP contribution is -2.34. The van der Waals surface area contributed by atoms with Crippen molar-refractivity contribution < 1.29 is 13.9 Å². The molecule has 21 heavy (non-hydrogen) atoms. The number of nitrogens with zero attached hydrogens (tertiary/aromatic N) is 1. The lowest BCUT2D eigenvalue weighted by Gasteiger charge is -2.12. The van der Waals surface area contributed by atoms with E-state index in [-0.39, 0.29) is 11.9 Å². The fourth-order valence-corrected chi connectivity index (χ4v) is 2.09. The molecule has 0 unspecified atom stereocenters. The van der Waals surface area contributed by atoms with E-state index < -0.39 is 0 Å². The van der Waals surface area contributed by atoms with Gasteiger partial charge in [-0.05, 0) is 38.1 Å². The summed E-state index contributed by atoms with van der Waals surface area (Å²) in [5, 5.41) is 2.91. The van der Waals surface area contributed by atoms with Gasteiger partial charge in [0.1, 0.15) is 12.4 Å². The molecule has 112 valence electrons. The first-order valence-electron chi connectivity index (χ1n) is 6.89. The second kappa shape index (κ2) is 7.04. The van der Waals surface area contributed by atoms with Crippen LogP contribution < -0.4 is 5.32 Å². The van der Waals surface area contributed by atoms with Gasteiger partial charge in [-0.3, -0.25) is 9.78 Å². The fraction of sp³-hybridized carbons (Fsp3) is 0.375. The van der Waals surface area contributed by atoms with Crippen LogP contribution in [0.5, 0.6) is 0 Å². The lowest BCUT2D eigenvalue weighted by molar-refractivity contribution is 0.0903. The zero-order valence-electron chi connectivity index (χ0n) is 12.6. The Morgan fingerprint density at radius 2 is 2.19 bits per heavy atom. The van der Waals surface area contributed by atoms with E-state index in [0.29, 0.717) is 24.5 Å². The van der Waals surface area contributed by atoms with Crippen molar-refractivity contribution >= 4 is 5.91 Å². The molecule has 0 saturated heterocycles. The van der Waals surface area contributed by atoms with E-state index in [0.717, 1.165) is 11.4 Å². The van der Waals surface area contributed by atoms with Gasteiger partial charge in [-0.15, -0.1) is 0 Å². The van der Waals surface area contributed by atoms with Crippen molar-refractivity contribution in [1.82, 2.24) is 10.3 Å². The summed E-state index contributed by atoms with van der Waals surface area (Å²) in [6, 6.07) is 9.25. The Morgan fingerprint density at radius 1 is 1.38 bits per heavy atom. The predicted octanol–water partition coefficient (Wildman–Crippen LogP) is 2.49. The molecule has 0 spiro atoms. The van der Waals surface area contributed by atoms with Gasteiger partial charge in [0.15, 0.2) is 5.76 Å². The van der Waals surface area contributed by atoms with Gasteiger partial charge in [0.2, 0.25) is 0 Å². The molecule has 2 rings (SSSR count). The minimum Gasteiger partial charge on any atom is -0.453 e. The monoisotopic (exact) mass is 288 g/mol. The molecule has 2 aromatic heterocycles. The van der Waals surface area contributed by atoms with Crippen LogP contribution in [0.25, 0.3) is 0 Å². The Balaban J connectivity index is 1.92. The molecule has 1 amide bonds. The second-order valence-corrected chi connectivity index (χ2v) is 5.05. The number of methoxy groups -OCH3 is 1. The summed E-state index contributed by atoms with van der Waals surface area (Å²) in [4.78, 5) is 16.5. The SMILES string of the molecule is COCc1ccc(C(=O)N[C@@H](C)Cc2cccc(C)n2)o1. The molecule has 1 N–H and O–H groups in total. The maximum Gasteiger partial charge on any atom is 0.287 e. The third kappa shape index (κ3) is 4.43. The van der Waals surface area contributed by atoms with E-state index >= 15 is 0 Å². The highest BCUT2D eigenvalue weighted by Gasteiger charge is 2.14. The fourth-order valence-electron chi connectivity index (χ4n) is 2.09. The maximum atomic E-state index is 12.1. The molecule has 0 radical (unpaired) electrons. The van der Waals surface area contributed by atoms with Crippen molar-refractivity contribution in [2.24, 2.45) is 0 Å².